The maximum absolute atomic E-state index is 13.1. The summed E-state index contributed by atoms with van der Waals surface area (Å²) in [6.07, 6.45) is -3.75. The van der Waals surface area contributed by atoms with E-state index in [-0.39, 0.29) is 21.1 Å². The van der Waals surface area contributed by atoms with Crippen LogP contribution in [-0.4, -0.2) is 9.97 Å². The first kappa shape index (κ1) is 24.9. The molecule has 2 nitrogen and oxygen atoms in total. The SMILES string of the molecule is CC(C)(c1cccc(Cc2[c-]cccc2)n1)c1cccc(-c2[c-]ccc(C(F)(F)F)c2)n1.[Pt+2]. The van der Waals surface area contributed by atoms with E-state index in [2.05, 4.69) is 17.1 Å². The number of alkyl halides is 3. The molecular weight excluding hydrogens is 604 g/mol. The maximum atomic E-state index is 13.1. The van der Waals surface area contributed by atoms with E-state index in [0.29, 0.717) is 17.7 Å². The number of hydrogen-bond donors (Lipinski definition) is 0. The second kappa shape index (κ2) is 10.0. The summed E-state index contributed by atoms with van der Waals surface area (Å²) in [5.74, 6) is 0. The van der Waals surface area contributed by atoms with E-state index in [1.54, 1.807) is 12.1 Å². The Labute approximate surface area is 206 Å². The summed E-state index contributed by atoms with van der Waals surface area (Å²) in [5.41, 5.74) is 3.00. The number of pyridine rings is 2. The van der Waals surface area contributed by atoms with Crippen LogP contribution in [-0.2, 0) is 39.1 Å². The topological polar surface area (TPSA) is 25.8 Å². The van der Waals surface area contributed by atoms with Crippen molar-refractivity contribution in [2.24, 2.45) is 0 Å². The molecule has 0 aliphatic heterocycles. The van der Waals surface area contributed by atoms with Crippen molar-refractivity contribution < 1.29 is 34.2 Å². The minimum atomic E-state index is -4.42. The van der Waals surface area contributed by atoms with Crippen molar-refractivity contribution in [1.82, 2.24) is 9.97 Å². The smallest absolute Gasteiger partial charge is 0.300 e. The summed E-state index contributed by atoms with van der Waals surface area (Å²) in [7, 11) is 0. The van der Waals surface area contributed by atoms with Crippen LogP contribution in [0.15, 0.2) is 78.9 Å². The molecule has 4 aromatic rings. The molecule has 0 atom stereocenters. The van der Waals surface area contributed by atoms with Crippen LogP contribution in [0.5, 0.6) is 0 Å². The summed E-state index contributed by atoms with van der Waals surface area (Å²) in [6.45, 7) is 4.02. The third kappa shape index (κ3) is 5.78. The van der Waals surface area contributed by atoms with Gasteiger partial charge in [-0.15, -0.1) is 29.8 Å². The molecule has 0 amide bonds. The second-order valence-corrected chi connectivity index (χ2v) is 8.10. The van der Waals surface area contributed by atoms with Gasteiger partial charge in [-0.1, -0.05) is 18.2 Å². The van der Waals surface area contributed by atoms with Gasteiger partial charge in [0.25, 0.3) is 0 Å². The Morgan fingerprint density at radius 2 is 1.52 bits per heavy atom. The van der Waals surface area contributed by atoms with Gasteiger partial charge in [0.15, 0.2) is 0 Å². The number of rotatable bonds is 5. The molecule has 0 aliphatic carbocycles. The molecule has 33 heavy (non-hydrogen) atoms. The summed E-state index contributed by atoms with van der Waals surface area (Å²) < 4.78 is 39.4. The fourth-order valence-corrected chi connectivity index (χ4v) is 3.52. The minimum absolute atomic E-state index is 0. The van der Waals surface area contributed by atoms with Crippen LogP contribution in [0.1, 0.15) is 42.1 Å². The molecule has 0 N–H and O–H groups in total. The molecule has 2 heterocycles. The van der Waals surface area contributed by atoms with E-state index < -0.39 is 17.2 Å². The molecule has 2 aromatic heterocycles. The van der Waals surface area contributed by atoms with Gasteiger partial charge in [0, 0.05) is 16.8 Å². The fraction of sp³-hybridized carbons (Fsp3) is 0.185. The minimum Gasteiger partial charge on any atom is -0.300 e. The number of aromatic nitrogens is 2. The molecule has 0 aliphatic rings. The normalized spacial score (nSPS) is 11.7. The Morgan fingerprint density at radius 3 is 2.21 bits per heavy atom. The van der Waals surface area contributed by atoms with E-state index in [4.69, 9.17) is 4.98 Å². The van der Waals surface area contributed by atoms with Crippen molar-refractivity contribution in [2.75, 3.05) is 0 Å². The Bertz CT molecular complexity index is 1220. The molecule has 4 rings (SSSR count). The quantitative estimate of drug-likeness (QED) is 0.232. The number of benzene rings is 2. The average molecular weight is 626 g/mol. The van der Waals surface area contributed by atoms with Gasteiger partial charge in [-0.05, 0) is 49.7 Å². The first-order valence-corrected chi connectivity index (χ1v) is 10.2. The van der Waals surface area contributed by atoms with Gasteiger partial charge in [0.1, 0.15) is 0 Å². The van der Waals surface area contributed by atoms with E-state index in [0.717, 1.165) is 34.8 Å². The van der Waals surface area contributed by atoms with Crippen molar-refractivity contribution in [3.05, 3.63) is 119 Å². The van der Waals surface area contributed by atoms with Crippen LogP contribution in [0.3, 0.4) is 0 Å². The van der Waals surface area contributed by atoms with E-state index in [9.17, 15) is 13.2 Å². The molecule has 0 saturated carbocycles. The maximum Gasteiger partial charge on any atom is 2.00 e. The summed E-state index contributed by atoms with van der Waals surface area (Å²) in [4.78, 5) is 9.53. The van der Waals surface area contributed by atoms with Gasteiger partial charge < -0.3 is 4.98 Å². The largest absolute Gasteiger partial charge is 2.00 e. The van der Waals surface area contributed by atoms with Crippen LogP contribution >= 0.6 is 0 Å². The molecule has 0 spiro atoms. The van der Waals surface area contributed by atoms with Crippen molar-refractivity contribution in [3.63, 3.8) is 0 Å². The average Bonchev–Trinajstić information content (AvgIpc) is 2.79. The molecular formula is C27H21F3N2Pt. The van der Waals surface area contributed by atoms with Crippen molar-refractivity contribution >= 4 is 0 Å². The fourth-order valence-electron chi connectivity index (χ4n) is 3.52. The number of nitrogens with zero attached hydrogens (tertiary/aromatic N) is 2. The number of hydrogen-bond acceptors (Lipinski definition) is 2. The summed E-state index contributed by atoms with van der Waals surface area (Å²) in [5, 5.41) is 0. The van der Waals surface area contributed by atoms with Gasteiger partial charge in [-0.25, -0.2) is 0 Å². The molecule has 0 saturated heterocycles. The van der Waals surface area contributed by atoms with Crippen LogP contribution in [0.2, 0.25) is 0 Å². The van der Waals surface area contributed by atoms with Gasteiger partial charge in [-0.3, -0.25) is 4.98 Å². The molecule has 6 heteroatoms. The van der Waals surface area contributed by atoms with Gasteiger partial charge in [-0.2, -0.15) is 49.1 Å². The van der Waals surface area contributed by atoms with Crippen LogP contribution < -0.4 is 0 Å². The standard InChI is InChI=1S/C27H21F3N2.Pt/c1-26(2,24-15-7-13-22(31-24)17-19-9-4-3-5-10-19)25-16-8-14-23(32-25)20-11-6-12-21(18-20)27(28,29)30;/h3-9,12-16,18H,17H2,1-2H3;/q-2;+2. The third-order valence-electron chi connectivity index (χ3n) is 5.39. The van der Waals surface area contributed by atoms with Crippen LogP contribution in [0.25, 0.3) is 11.3 Å². The van der Waals surface area contributed by atoms with Crippen molar-refractivity contribution in [1.29, 1.82) is 0 Å². The predicted octanol–water partition coefficient (Wildman–Crippen LogP) is 6.68. The van der Waals surface area contributed by atoms with Crippen LogP contribution in [0, 0.1) is 12.1 Å². The molecule has 2 aromatic carbocycles. The number of halogens is 3. The molecule has 0 bridgehead atoms. The Kier molecular flexibility index (Phi) is 7.54. The van der Waals surface area contributed by atoms with E-state index in [1.807, 2.05) is 62.4 Å². The van der Waals surface area contributed by atoms with E-state index in [1.165, 1.54) is 6.07 Å². The first-order chi connectivity index (χ1) is 15.2. The van der Waals surface area contributed by atoms with Gasteiger partial charge in [0.2, 0.25) is 0 Å². The van der Waals surface area contributed by atoms with Gasteiger partial charge >= 0.3 is 27.2 Å². The molecule has 0 unspecified atom stereocenters. The Balaban J connectivity index is 0.00000306. The van der Waals surface area contributed by atoms with Crippen LogP contribution in [0.4, 0.5) is 13.2 Å². The van der Waals surface area contributed by atoms with Crippen molar-refractivity contribution in [3.8, 4) is 11.3 Å². The molecule has 0 fully saturated rings. The van der Waals surface area contributed by atoms with E-state index >= 15 is 0 Å². The summed E-state index contributed by atoms with van der Waals surface area (Å²) >= 11 is 0. The third-order valence-corrected chi connectivity index (χ3v) is 5.39. The predicted molar refractivity (Wildman–Crippen MR) is 118 cm³/mol. The Morgan fingerprint density at radius 1 is 0.788 bits per heavy atom. The Hall–Kier alpha value is -2.78. The molecule has 170 valence electrons. The first-order valence-electron chi connectivity index (χ1n) is 10.2. The van der Waals surface area contributed by atoms with Gasteiger partial charge in [0.05, 0.1) is 5.69 Å². The summed E-state index contributed by atoms with van der Waals surface area (Å²) in [6, 6.07) is 28.5. The van der Waals surface area contributed by atoms with Crippen molar-refractivity contribution in [2.45, 2.75) is 31.9 Å². The zero-order chi connectivity index (χ0) is 22.8. The molecule has 0 radical (unpaired) electrons. The zero-order valence-corrected chi connectivity index (χ0v) is 20.3. The zero-order valence-electron chi connectivity index (χ0n) is 18.1. The second-order valence-electron chi connectivity index (χ2n) is 8.10. The monoisotopic (exact) mass is 625 g/mol.